The number of amides is 1. The molecule has 8 heteroatoms. The number of hydrogen-bond acceptors (Lipinski definition) is 6. The van der Waals surface area contributed by atoms with E-state index in [1.165, 1.54) is 18.2 Å². The van der Waals surface area contributed by atoms with Gasteiger partial charge in [0.25, 0.3) is 5.91 Å². The summed E-state index contributed by atoms with van der Waals surface area (Å²) in [4.78, 5) is 33.2. The number of nitrogens with zero attached hydrogens (tertiary/aromatic N) is 4. The van der Waals surface area contributed by atoms with Gasteiger partial charge in [-0.2, -0.15) is 5.10 Å². The Hall–Kier alpha value is -3.39. The van der Waals surface area contributed by atoms with Gasteiger partial charge in [-0.3, -0.25) is 14.7 Å². The molecule has 1 saturated carbocycles. The van der Waals surface area contributed by atoms with E-state index in [1.807, 2.05) is 0 Å². The van der Waals surface area contributed by atoms with Gasteiger partial charge in [-0.1, -0.05) is 25.3 Å². The van der Waals surface area contributed by atoms with Crippen molar-refractivity contribution in [3.8, 4) is 5.75 Å². The molecule has 2 fully saturated rings. The maximum atomic E-state index is 13.5. The number of Topliss-reactive ketones (excluding diaryl/α,β-unsaturated/α-hetero) is 1. The predicted octanol–water partition coefficient (Wildman–Crippen LogP) is 3.94. The van der Waals surface area contributed by atoms with Gasteiger partial charge < -0.3 is 19.8 Å². The monoisotopic (exact) mass is 487 g/mol. The van der Waals surface area contributed by atoms with Gasteiger partial charge in [0, 0.05) is 62.3 Å². The Kier molecular flexibility index (Phi) is 5.91. The quantitative estimate of drug-likeness (QED) is 0.542. The van der Waals surface area contributed by atoms with Crippen molar-refractivity contribution in [1.82, 2.24) is 20.0 Å². The molecule has 2 aromatic carbocycles. The molecule has 2 aliphatic heterocycles. The van der Waals surface area contributed by atoms with Crippen molar-refractivity contribution >= 4 is 28.3 Å². The summed E-state index contributed by atoms with van der Waals surface area (Å²) in [6.45, 7) is 5.10. The molecular formula is C28H33N5O3. The zero-order valence-electron chi connectivity index (χ0n) is 20.8. The van der Waals surface area contributed by atoms with Gasteiger partial charge in [-0.05, 0) is 49.2 Å². The number of nitrogens with one attached hydrogen (secondary N) is 1. The summed E-state index contributed by atoms with van der Waals surface area (Å²) in [5.74, 6) is -0.304. The average molecular weight is 488 g/mol. The largest absolute Gasteiger partial charge is 0.507 e. The number of carbonyl (C=O) groups excluding carboxylic acids is 2. The number of aromatic hydroxyl groups is 1. The van der Waals surface area contributed by atoms with Gasteiger partial charge in [0.05, 0.1) is 11.1 Å². The molecule has 0 bridgehead atoms. The summed E-state index contributed by atoms with van der Waals surface area (Å²) in [5.41, 5.74) is 4.66. The lowest BCUT2D eigenvalue weighted by Gasteiger charge is -2.34. The molecule has 2 N–H and O–H groups in total. The second kappa shape index (κ2) is 9.24. The number of anilines is 1. The first-order chi connectivity index (χ1) is 17.5. The van der Waals surface area contributed by atoms with Crippen LogP contribution in [0.4, 0.5) is 5.69 Å². The van der Waals surface area contributed by atoms with Crippen LogP contribution in [0, 0.1) is 5.92 Å². The first-order valence-corrected chi connectivity index (χ1v) is 13.1. The summed E-state index contributed by atoms with van der Waals surface area (Å²) >= 11 is 0. The number of benzene rings is 2. The number of likely N-dealkylation sites (N-methyl/N-ethyl adjacent to an activating group) is 1. The Morgan fingerprint density at radius 3 is 2.50 bits per heavy atom. The molecule has 1 amide bonds. The molecule has 1 saturated heterocycles. The molecule has 0 atom stereocenters. The molecule has 0 spiro atoms. The Balaban J connectivity index is 1.23. The highest BCUT2D eigenvalue weighted by molar-refractivity contribution is 6.10. The predicted molar refractivity (Wildman–Crippen MR) is 138 cm³/mol. The highest BCUT2D eigenvalue weighted by Crippen LogP contribution is 2.34. The molecule has 0 unspecified atom stereocenters. The summed E-state index contributed by atoms with van der Waals surface area (Å²) in [5, 5.41) is 18.5. The van der Waals surface area contributed by atoms with E-state index in [9.17, 15) is 14.7 Å². The number of carbonyl (C=O) groups is 2. The third-order valence-electron chi connectivity index (χ3n) is 8.19. The number of rotatable bonds is 4. The molecule has 3 aliphatic rings. The SMILES string of the molecule is CN1CCN(c2ccc3c(c2)CN(C(=O)c2cc4c(C(=O)C5CCCCC5)n[nH]c4cc2O)C3)CC1. The molecule has 0 radical (unpaired) electrons. The molecular weight excluding hydrogens is 454 g/mol. The van der Waals surface area contributed by atoms with E-state index in [1.54, 1.807) is 11.0 Å². The van der Waals surface area contributed by atoms with E-state index in [0.717, 1.165) is 63.0 Å². The zero-order valence-corrected chi connectivity index (χ0v) is 20.8. The summed E-state index contributed by atoms with van der Waals surface area (Å²) < 4.78 is 0. The number of phenols is 1. The maximum absolute atomic E-state index is 13.5. The molecule has 36 heavy (non-hydrogen) atoms. The van der Waals surface area contributed by atoms with Crippen LogP contribution < -0.4 is 4.90 Å². The second-order valence-corrected chi connectivity index (χ2v) is 10.6. The second-order valence-electron chi connectivity index (χ2n) is 10.6. The molecule has 3 aromatic rings. The molecule has 1 aromatic heterocycles. The van der Waals surface area contributed by atoms with Gasteiger partial charge in [-0.15, -0.1) is 0 Å². The minimum atomic E-state index is -0.232. The van der Waals surface area contributed by atoms with Gasteiger partial charge >= 0.3 is 0 Å². The summed E-state index contributed by atoms with van der Waals surface area (Å²) in [6.07, 6.45) is 5.08. The normalized spacial score (nSPS) is 19.1. The number of aromatic nitrogens is 2. The van der Waals surface area contributed by atoms with Crippen LogP contribution in [0.1, 0.15) is 64.1 Å². The lowest BCUT2D eigenvalue weighted by molar-refractivity contribution is 0.0748. The van der Waals surface area contributed by atoms with Crippen molar-refractivity contribution in [3.63, 3.8) is 0 Å². The number of hydrogen-bond donors (Lipinski definition) is 2. The first-order valence-electron chi connectivity index (χ1n) is 13.1. The number of H-pyrrole nitrogens is 1. The fraction of sp³-hybridized carbons (Fsp3) is 0.464. The fourth-order valence-corrected chi connectivity index (χ4v) is 5.93. The average Bonchev–Trinajstić information content (AvgIpc) is 3.52. The standard InChI is InChI=1S/C28H33N5O3/c1-31-9-11-32(12-10-31)21-8-7-19-16-33(17-20(19)13-21)28(36)23-14-22-24(15-25(23)34)29-30-26(22)27(35)18-5-3-2-4-6-18/h7-8,13-15,18,34H,2-6,9-12,16-17H2,1H3,(H,29,30). The number of piperazine rings is 1. The van der Waals surface area contributed by atoms with Gasteiger partial charge in [0.2, 0.25) is 0 Å². The van der Waals surface area contributed by atoms with E-state index in [-0.39, 0.29) is 28.9 Å². The molecule has 6 rings (SSSR count). The number of ketones is 1. The molecule has 188 valence electrons. The number of fused-ring (bicyclic) bond motifs is 2. The van der Waals surface area contributed by atoms with Crippen LogP contribution in [-0.2, 0) is 13.1 Å². The van der Waals surface area contributed by atoms with Gasteiger partial charge in [0.15, 0.2) is 5.78 Å². The van der Waals surface area contributed by atoms with Crippen molar-refractivity contribution in [1.29, 1.82) is 0 Å². The fourth-order valence-electron chi connectivity index (χ4n) is 5.93. The van der Waals surface area contributed by atoms with Crippen LogP contribution in [-0.4, -0.2) is 70.0 Å². The topological polar surface area (TPSA) is 92.8 Å². The highest BCUT2D eigenvalue weighted by Gasteiger charge is 2.30. The van der Waals surface area contributed by atoms with Crippen LogP contribution in [0.3, 0.4) is 0 Å². The third-order valence-corrected chi connectivity index (χ3v) is 8.19. The molecule has 1 aliphatic carbocycles. The Labute approximate surface area is 210 Å². The van der Waals surface area contributed by atoms with Crippen molar-refractivity contribution in [2.45, 2.75) is 45.2 Å². The lowest BCUT2D eigenvalue weighted by Crippen LogP contribution is -2.44. The first kappa shape index (κ1) is 23.0. The Morgan fingerprint density at radius 2 is 1.72 bits per heavy atom. The minimum absolute atomic E-state index is 0.0132. The van der Waals surface area contributed by atoms with Gasteiger partial charge in [0.1, 0.15) is 11.4 Å². The van der Waals surface area contributed by atoms with Crippen LogP contribution in [0.5, 0.6) is 5.75 Å². The van der Waals surface area contributed by atoms with E-state index in [0.29, 0.717) is 29.7 Å². The van der Waals surface area contributed by atoms with E-state index >= 15 is 0 Å². The van der Waals surface area contributed by atoms with E-state index < -0.39 is 0 Å². The van der Waals surface area contributed by atoms with Crippen molar-refractivity contribution in [2.24, 2.45) is 5.92 Å². The Bertz CT molecular complexity index is 1320. The smallest absolute Gasteiger partial charge is 0.258 e. The van der Waals surface area contributed by atoms with Crippen molar-refractivity contribution in [3.05, 3.63) is 52.7 Å². The molecule has 8 nitrogen and oxygen atoms in total. The number of phenolic OH excluding ortho intramolecular Hbond substituents is 1. The van der Waals surface area contributed by atoms with Gasteiger partial charge in [-0.25, -0.2) is 0 Å². The van der Waals surface area contributed by atoms with Crippen molar-refractivity contribution in [2.75, 3.05) is 38.1 Å². The molecule has 3 heterocycles. The van der Waals surface area contributed by atoms with E-state index in [2.05, 4.69) is 45.2 Å². The van der Waals surface area contributed by atoms with Crippen molar-refractivity contribution < 1.29 is 14.7 Å². The van der Waals surface area contributed by atoms with Crippen LogP contribution in [0.15, 0.2) is 30.3 Å². The lowest BCUT2D eigenvalue weighted by atomic mass is 9.84. The van der Waals surface area contributed by atoms with Crippen LogP contribution >= 0.6 is 0 Å². The zero-order chi connectivity index (χ0) is 24.8. The minimum Gasteiger partial charge on any atom is -0.507 e. The summed E-state index contributed by atoms with van der Waals surface area (Å²) in [7, 11) is 2.15. The Morgan fingerprint density at radius 1 is 0.972 bits per heavy atom. The number of aromatic amines is 1. The van der Waals surface area contributed by atoms with Crippen LogP contribution in [0.2, 0.25) is 0 Å². The summed E-state index contributed by atoms with van der Waals surface area (Å²) in [6, 6.07) is 9.63. The highest BCUT2D eigenvalue weighted by atomic mass is 16.3. The maximum Gasteiger partial charge on any atom is 0.258 e. The third kappa shape index (κ3) is 4.13. The van der Waals surface area contributed by atoms with E-state index in [4.69, 9.17) is 0 Å². The van der Waals surface area contributed by atoms with Crippen LogP contribution in [0.25, 0.3) is 10.9 Å².